The van der Waals surface area contributed by atoms with Crippen molar-refractivity contribution in [3.05, 3.63) is 0 Å². The number of carbonyl (C=O) groups is 1. The molecule has 0 aliphatic carbocycles. The molecule has 0 aliphatic heterocycles. The molecule has 0 saturated carbocycles. The summed E-state index contributed by atoms with van der Waals surface area (Å²) in [7, 11) is 0. The normalized spacial score (nSPS) is 14.5. The first-order valence-corrected chi connectivity index (χ1v) is 3.82. The van der Waals surface area contributed by atoms with Crippen molar-refractivity contribution in [1.82, 2.24) is 0 Å². The highest BCUT2D eigenvalue weighted by Gasteiger charge is 2.17. The van der Waals surface area contributed by atoms with Crippen LogP contribution in [0.15, 0.2) is 0 Å². The average Bonchev–Trinajstić information content (AvgIpc) is 2.03. The van der Waals surface area contributed by atoms with Crippen molar-refractivity contribution in [2.24, 2.45) is 5.92 Å². The predicted molar refractivity (Wildman–Crippen MR) is 42.0 cm³/mol. The molecule has 2 unspecified atom stereocenters. The molecule has 0 aromatic heterocycles. The van der Waals surface area contributed by atoms with Gasteiger partial charge in [0, 0.05) is 6.92 Å². The summed E-state index contributed by atoms with van der Waals surface area (Å²) in [5, 5.41) is 17.8. The Hall–Kier alpha value is -1.08. The maximum Gasteiger partial charge on any atom is 0.302 e. The van der Waals surface area contributed by atoms with Gasteiger partial charge in [-0.3, -0.25) is 4.79 Å². The molecule has 0 amide bonds. The molecule has 4 heteroatoms. The first-order chi connectivity index (χ1) is 5.61. The zero-order valence-corrected chi connectivity index (χ0v) is 7.28. The Morgan fingerprint density at radius 1 is 1.75 bits per heavy atom. The van der Waals surface area contributed by atoms with Gasteiger partial charge in [0.15, 0.2) is 0 Å². The summed E-state index contributed by atoms with van der Waals surface area (Å²) in [6.45, 7) is 2.96. The van der Waals surface area contributed by atoms with E-state index in [0.717, 1.165) is 0 Å². The molecule has 0 bridgehead atoms. The second kappa shape index (κ2) is 5.56. The van der Waals surface area contributed by atoms with Gasteiger partial charge in [-0.2, -0.15) is 5.26 Å². The Morgan fingerprint density at radius 2 is 2.33 bits per heavy atom. The summed E-state index contributed by atoms with van der Waals surface area (Å²) >= 11 is 0. The molecule has 0 rings (SSSR count). The maximum absolute atomic E-state index is 10.3. The minimum Gasteiger partial charge on any atom is -0.463 e. The van der Waals surface area contributed by atoms with Crippen molar-refractivity contribution in [2.45, 2.75) is 26.4 Å². The van der Waals surface area contributed by atoms with Crippen LogP contribution in [0, 0.1) is 17.2 Å². The molecule has 0 spiro atoms. The molecule has 2 atom stereocenters. The van der Waals surface area contributed by atoms with E-state index in [1.165, 1.54) is 6.92 Å². The predicted octanol–water partition coefficient (Wildman–Crippen LogP) is 0.460. The van der Waals surface area contributed by atoms with Crippen LogP contribution in [0.2, 0.25) is 0 Å². The lowest BCUT2D eigenvalue weighted by atomic mass is 10.0. The molecular formula is C8H13NO3. The molecule has 0 aromatic carbocycles. The van der Waals surface area contributed by atoms with Crippen molar-refractivity contribution in [3.63, 3.8) is 0 Å². The Morgan fingerprint density at radius 3 is 2.67 bits per heavy atom. The first-order valence-electron chi connectivity index (χ1n) is 3.82. The zero-order chi connectivity index (χ0) is 9.56. The Kier molecular flexibility index (Phi) is 5.06. The van der Waals surface area contributed by atoms with Crippen molar-refractivity contribution < 1.29 is 14.6 Å². The Labute approximate surface area is 71.8 Å². The second-order valence-electron chi connectivity index (χ2n) is 2.51. The molecule has 0 radical (unpaired) electrons. The van der Waals surface area contributed by atoms with Gasteiger partial charge in [-0.25, -0.2) is 0 Å². The molecule has 68 valence electrons. The number of ether oxygens (including phenoxy) is 1. The number of esters is 1. The number of nitriles is 1. The summed E-state index contributed by atoms with van der Waals surface area (Å²) < 4.78 is 4.55. The van der Waals surface area contributed by atoms with Crippen molar-refractivity contribution in [1.29, 1.82) is 5.26 Å². The van der Waals surface area contributed by atoms with Crippen LogP contribution in [0.4, 0.5) is 0 Å². The van der Waals surface area contributed by atoms with Crippen LogP contribution in [-0.2, 0) is 9.53 Å². The van der Waals surface area contributed by atoms with E-state index in [9.17, 15) is 9.90 Å². The van der Waals surface area contributed by atoms with Gasteiger partial charge in [0.25, 0.3) is 0 Å². The Balaban J connectivity index is 3.78. The third kappa shape index (κ3) is 3.94. The van der Waals surface area contributed by atoms with Crippen LogP contribution in [0.1, 0.15) is 20.3 Å². The summed E-state index contributed by atoms with van der Waals surface area (Å²) in [6, 6.07) is 1.93. The van der Waals surface area contributed by atoms with Gasteiger partial charge in [0.1, 0.15) is 12.7 Å². The lowest BCUT2D eigenvalue weighted by molar-refractivity contribution is -0.144. The third-order valence-electron chi connectivity index (χ3n) is 1.53. The van der Waals surface area contributed by atoms with E-state index in [4.69, 9.17) is 5.26 Å². The number of aliphatic hydroxyl groups excluding tert-OH is 1. The highest BCUT2D eigenvalue weighted by Crippen LogP contribution is 2.07. The van der Waals surface area contributed by atoms with E-state index in [1.54, 1.807) is 6.92 Å². The molecule has 4 nitrogen and oxygen atoms in total. The second-order valence-corrected chi connectivity index (χ2v) is 2.51. The highest BCUT2D eigenvalue weighted by atomic mass is 16.5. The first kappa shape index (κ1) is 10.9. The summed E-state index contributed by atoms with van der Waals surface area (Å²) in [4.78, 5) is 10.3. The lowest BCUT2D eigenvalue weighted by Gasteiger charge is -2.13. The van der Waals surface area contributed by atoms with E-state index < -0.39 is 18.0 Å². The average molecular weight is 171 g/mol. The van der Waals surface area contributed by atoms with Crippen LogP contribution in [-0.4, -0.2) is 23.8 Å². The van der Waals surface area contributed by atoms with E-state index in [2.05, 4.69) is 4.74 Å². The molecule has 0 fully saturated rings. The molecule has 0 aliphatic rings. The van der Waals surface area contributed by atoms with Crippen molar-refractivity contribution in [2.75, 3.05) is 6.61 Å². The minimum atomic E-state index is -0.871. The quantitative estimate of drug-likeness (QED) is 0.624. The fraction of sp³-hybridized carbons (Fsp3) is 0.750. The molecule has 0 aromatic rings. The standard InChI is InChI=1S/C8H13NO3/c1-3-7(4-9)8(11)5-12-6(2)10/h7-8,11H,3,5H2,1-2H3. The van der Waals surface area contributed by atoms with Crippen LogP contribution < -0.4 is 0 Å². The van der Waals surface area contributed by atoms with Gasteiger partial charge >= 0.3 is 5.97 Å². The largest absolute Gasteiger partial charge is 0.463 e. The number of nitrogens with zero attached hydrogens (tertiary/aromatic N) is 1. The zero-order valence-electron chi connectivity index (χ0n) is 7.28. The summed E-state index contributed by atoms with van der Waals surface area (Å²) in [5.74, 6) is -0.897. The minimum absolute atomic E-state index is 0.0958. The Bertz CT molecular complexity index is 185. The number of hydrogen-bond donors (Lipinski definition) is 1. The van der Waals surface area contributed by atoms with Crippen LogP contribution in [0.3, 0.4) is 0 Å². The monoisotopic (exact) mass is 171 g/mol. The van der Waals surface area contributed by atoms with E-state index in [-0.39, 0.29) is 6.61 Å². The van der Waals surface area contributed by atoms with E-state index in [1.807, 2.05) is 6.07 Å². The third-order valence-corrected chi connectivity index (χ3v) is 1.53. The summed E-state index contributed by atoms with van der Waals surface area (Å²) in [6.07, 6.45) is -0.317. The molecular weight excluding hydrogens is 158 g/mol. The van der Waals surface area contributed by atoms with Crippen LogP contribution in [0.25, 0.3) is 0 Å². The fourth-order valence-electron chi connectivity index (χ4n) is 0.768. The highest BCUT2D eigenvalue weighted by molar-refractivity contribution is 5.65. The molecule has 1 N–H and O–H groups in total. The fourth-order valence-corrected chi connectivity index (χ4v) is 0.768. The number of hydrogen-bond acceptors (Lipinski definition) is 4. The van der Waals surface area contributed by atoms with E-state index >= 15 is 0 Å². The number of carbonyl (C=O) groups excluding carboxylic acids is 1. The van der Waals surface area contributed by atoms with Gasteiger partial charge < -0.3 is 9.84 Å². The van der Waals surface area contributed by atoms with Crippen molar-refractivity contribution in [3.8, 4) is 6.07 Å². The topological polar surface area (TPSA) is 70.3 Å². The van der Waals surface area contributed by atoms with Gasteiger partial charge in [0.2, 0.25) is 0 Å². The maximum atomic E-state index is 10.3. The number of rotatable bonds is 4. The molecule has 0 heterocycles. The van der Waals surface area contributed by atoms with Gasteiger partial charge in [-0.05, 0) is 6.42 Å². The molecule has 0 saturated heterocycles. The van der Waals surface area contributed by atoms with Gasteiger partial charge in [-0.15, -0.1) is 0 Å². The van der Waals surface area contributed by atoms with Gasteiger partial charge in [-0.1, -0.05) is 6.92 Å². The SMILES string of the molecule is CCC(C#N)C(O)COC(C)=O. The van der Waals surface area contributed by atoms with Crippen LogP contribution in [0.5, 0.6) is 0 Å². The number of aliphatic hydroxyl groups is 1. The summed E-state index contributed by atoms with van der Waals surface area (Å²) in [5.41, 5.74) is 0. The smallest absolute Gasteiger partial charge is 0.302 e. The van der Waals surface area contributed by atoms with Crippen molar-refractivity contribution >= 4 is 5.97 Å². The molecule has 12 heavy (non-hydrogen) atoms. The lowest BCUT2D eigenvalue weighted by Crippen LogP contribution is -2.25. The van der Waals surface area contributed by atoms with E-state index in [0.29, 0.717) is 6.42 Å². The van der Waals surface area contributed by atoms with Crippen LogP contribution >= 0.6 is 0 Å². The van der Waals surface area contributed by atoms with Gasteiger partial charge in [0.05, 0.1) is 12.0 Å².